The summed E-state index contributed by atoms with van der Waals surface area (Å²) in [7, 11) is 0. The molecule has 0 spiro atoms. The van der Waals surface area contributed by atoms with Crippen molar-refractivity contribution in [1.82, 2.24) is 0 Å². The molecular formula is C25H24N2O4. The first-order valence-electron chi connectivity index (χ1n) is 10.1. The third kappa shape index (κ3) is 4.53. The maximum Gasteiger partial charge on any atom is 0.511 e. The Hall–Kier alpha value is -3.80. The van der Waals surface area contributed by atoms with Crippen molar-refractivity contribution in [3.63, 3.8) is 0 Å². The van der Waals surface area contributed by atoms with Crippen LogP contribution in [0.3, 0.4) is 0 Å². The SMILES string of the molecule is CC1(C)Cc2cc(OC(=O)O)ccc2NC1c1ccc(NC(=O)c2ccccc2)cc1. The van der Waals surface area contributed by atoms with Crippen molar-refractivity contribution in [2.24, 2.45) is 5.41 Å². The Morgan fingerprint density at radius 3 is 2.42 bits per heavy atom. The largest absolute Gasteiger partial charge is 0.511 e. The van der Waals surface area contributed by atoms with Crippen LogP contribution in [0, 0.1) is 5.41 Å². The number of benzene rings is 3. The zero-order chi connectivity index (χ0) is 22.0. The lowest BCUT2D eigenvalue weighted by molar-refractivity contribution is 0.102. The summed E-state index contributed by atoms with van der Waals surface area (Å²) in [5.74, 6) is 0.179. The van der Waals surface area contributed by atoms with Crippen molar-refractivity contribution in [2.45, 2.75) is 26.3 Å². The lowest BCUT2D eigenvalue weighted by Gasteiger charge is -2.41. The molecule has 0 saturated carbocycles. The summed E-state index contributed by atoms with van der Waals surface area (Å²) < 4.78 is 4.79. The van der Waals surface area contributed by atoms with Crippen molar-refractivity contribution in [2.75, 3.05) is 10.6 Å². The van der Waals surface area contributed by atoms with Gasteiger partial charge in [-0.15, -0.1) is 0 Å². The summed E-state index contributed by atoms with van der Waals surface area (Å²) in [6.07, 6.45) is -0.552. The quantitative estimate of drug-likeness (QED) is 0.373. The number of ether oxygens (including phenoxy) is 1. The lowest BCUT2D eigenvalue weighted by atomic mass is 9.73. The average Bonchev–Trinajstić information content (AvgIpc) is 2.73. The molecule has 6 heteroatoms. The molecule has 3 aromatic carbocycles. The molecule has 1 atom stereocenters. The van der Waals surface area contributed by atoms with E-state index in [2.05, 4.69) is 24.5 Å². The predicted molar refractivity (Wildman–Crippen MR) is 120 cm³/mol. The molecule has 0 saturated heterocycles. The minimum Gasteiger partial charge on any atom is -0.449 e. The number of carbonyl (C=O) groups is 2. The van der Waals surface area contributed by atoms with E-state index in [-0.39, 0.29) is 17.4 Å². The van der Waals surface area contributed by atoms with Gasteiger partial charge in [0.1, 0.15) is 5.75 Å². The minimum atomic E-state index is -1.32. The molecule has 158 valence electrons. The van der Waals surface area contributed by atoms with Crippen molar-refractivity contribution in [3.05, 3.63) is 89.5 Å². The first kappa shape index (κ1) is 20.5. The lowest BCUT2D eigenvalue weighted by Crippen LogP contribution is -2.35. The Bertz CT molecular complexity index is 1110. The molecule has 0 radical (unpaired) electrons. The Labute approximate surface area is 180 Å². The van der Waals surface area contributed by atoms with Crippen molar-refractivity contribution in [3.8, 4) is 5.75 Å². The molecular weight excluding hydrogens is 392 g/mol. The minimum absolute atomic E-state index is 0.0603. The number of fused-ring (bicyclic) bond motifs is 1. The molecule has 3 aromatic rings. The van der Waals surface area contributed by atoms with Gasteiger partial charge in [-0.3, -0.25) is 4.79 Å². The third-order valence-electron chi connectivity index (χ3n) is 5.55. The van der Waals surface area contributed by atoms with Crippen LogP contribution in [0.25, 0.3) is 0 Å². The number of nitrogens with one attached hydrogen (secondary N) is 2. The number of hydrogen-bond donors (Lipinski definition) is 3. The standard InChI is InChI=1S/C25H24N2O4/c1-25(2)15-18-14-20(31-24(29)30)12-13-21(18)27-22(25)16-8-10-19(11-9-16)26-23(28)17-6-4-3-5-7-17/h3-14,22,27H,15H2,1-2H3,(H,26,28)(H,29,30). The smallest absolute Gasteiger partial charge is 0.449 e. The second kappa shape index (κ2) is 8.14. The van der Waals surface area contributed by atoms with E-state index < -0.39 is 6.16 Å². The van der Waals surface area contributed by atoms with Gasteiger partial charge in [-0.2, -0.15) is 0 Å². The molecule has 1 amide bonds. The van der Waals surface area contributed by atoms with Gasteiger partial charge in [-0.1, -0.05) is 44.2 Å². The van der Waals surface area contributed by atoms with Gasteiger partial charge in [0, 0.05) is 16.9 Å². The number of amides is 1. The maximum atomic E-state index is 12.4. The van der Waals surface area contributed by atoms with Crippen LogP contribution < -0.4 is 15.4 Å². The molecule has 1 aliphatic rings. The van der Waals surface area contributed by atoms with E-state index in [1.165, 1.54) is 0 Å². The van der Waals surface area contributed by atoms with Crippen LogP contribution in [0.4, 0.5) is 16.2 Å². The predicted octanol–water partition coefficient (Wildman–Crippen LogP) is 5.73. The van der Waals surface area contributed by atoms with Gasteiger partial charge < -0.3 is 20.5 Å². The first-order valence-corrected chi connectivity index (χ1v) is 10.1. The molecule has 4 rings (SSSR count). The molecule has 1 heterocycles. The van der Waals surface area contributed by atoms with E-state index in [1.54, 1.807) is 24.3 Å². The molecule has 0 bridgehead atoms. The molecule has 1 unspecified atom stereocenters. The summed E-state index contributed by atoms with van der Waals surface area (Å²) in [6.45, 7) is 4.34. The zero-order valence-electron chi connectivity index (χ0n) is 17.4. The highest BCUT2D eigenvalue weighted by atomic mass is 16.7. The third-order valence-corrected chi connectivity index (χ3v) is 5.55. The van der Waals surface area contributed by atoms with E-state index in [9.17, 15) is 9.59 Å². The van der Waals surface area contributed by atoms with Crippen LogP contribution in [0.2, 0.25) is 0 Å². The number of hydrogen-bond acceptors (Lipinski definition) is 4. The first-order chi connectivity index (χ1) is 14.8. The Morgan fingerprint density at radius 1 is 1.03 bits per heavy atom. The molecule has 31 heavy (non-hydrogen) atoms. The molecule has 1 aliphatic heterocycles. The number of anilines is 2. The highest BCUT2D eigenvalue weighted by Gasteiger charge is 2.36. The maximum absolute atomic E-state index is 12.4. The molecule has 0 aliphatic carbocycles. The van der Waals surface area contributed by atoms with Crippen LogP contribution in [0.15, 0.2) is 72.8 Å². The van der Waals surface area contributed by atoms with Gasteiger partial charge in [0.15, 0.2) is 0 Å². The second-order valence-corrected chi connectivity index (χ2v) is 8.37. The molecule has 0 fully saturated rings. The summed E-state index contributed by atoms with van der Waals surface area (Å²) in [5.41, 5.74) is 4.32. The van der Waals surface area contributed by atoms with Gasteiger partial charge in [0.25, 0.3) is 5.91 Å². The highest BCUT2D eigenvalue weighted by Crippen LogP contribution is 2.45. The highest BCUT2D eigenvalue weighted by molar-refractivity contribution is 6.04. The van der Waals surface area contributed by atoms with Crippen LogP contribution in [0.5, 0.6) is 5.75 Å². The number of rotatable bonds is 4. The van der Waals surface area contributed by atoms with Crippen molar-refractivity contribution in [1.29, 1.82) is 0 Å². The molecule has 6 nitrogen and oxygen atoms in total. The summed E-state index contributed by atoms with van der Waals surface area (Å²) in [4.78, 5) is 23.2. The summed E-state index contributed by atoms with van der Waals surface area (Å²) >= 11 is 0. The Kier molecular flexibility index (Phi) is 5.38. The molecule has 3 N–H and O–H groups in total. The monoisotopic (exact) mass is 416 g/mol. The Balaban J connectivity index is 1.51. The van der Waals surface area contributed by atoms with Gasteiger partial charge in [0.05, 0.1) is 6.04 Å². The van der Waals surface area contributed by atoms with E-state index in [4.69, 9.17) is 9.84 Å². The van der Waals surface area contributed by atoms with E-state index in [1.807, 2.05) is 48.5 Å². The van der Waals surface area contributed by atoms with Crippen LogP contribution in [0.1, 0.15) is 41.4 Å². The van der Waals surface area contributed by atoms with Crippen LogP contribution >= 0.6 is 0 Å². The van der Waals surface area contributed by atoms with Crippen molar-refractivity contribution < 1.29 is 19.4 Å². The fourth-order valence-corrected chi connectivity index (χ4v) is 4.05. The van der Waals surface area contributed by atoms with E-state index in [0.29, 0.717) is 11.3 Å². The number of carbonyl (C=O) groups excluding carboxylic acids is 1. The fraction of sp³-hybridized carbons (Fsp3) is 0.200. The van der Waals surface area contributed by atoms with Gasteiger partial charge in [-0.25, -0.2) is 4.79 Å². The van der Waals surface area contributed by atoms with Gasteiger partial charge in [-0.05, 0) is 65.4 Å². The van der Waals surface area contributed by atoms with Crippen LogP contribution in [-0.4, -0.2) is 17.2 Å². The van der Waals surface area contributed by atoms with Gasteiger partial charge >= 0.3 is 6.16 Å². The molecule has 0 aromatic heterocycles. The summed E-state index contributed by atoms with van der Waals surface area (Å²) in [6, 6.07) is 22.3. The van der Waals surface area contributed by atoms with Crippen LogP contribution in [-0.2, 0) is 6.42 Å². The van der Waals surface area contributed by atoms with E-state index >= 15 is 0 Å². The summed E-state index contributed by atoms with van der Waals surface area (Å²) in [5, 5.41) is 15.3. The van der Waals surface area contributed by atoms with Gasteiger partial charge in [0.2, 0.25) is 0 Å². The zero-order valence-corrected chi connectivity index (χ0v) is 17.4. The van der Waals surface area contributed by atoms with E-state index in [0.717, 1.165) is 28.9 Å². The second-order valence-electron chi connectivity index (χ2n) is 8.37. The van der Waals surface area contributed by atoms with Crippen molar-refractivity contribution >= 4 is 23.4 Å². The number of carboxylic acid groups (broad SMARTS) is 1. The topological polar surface area (TPSA) is 87.7 Å². The normalized spacial score (nSPS) is 16.5. The average molecular weight is 416 g/mol. The fourth-order valence-electron chi connectivity index (χ4n) is 4.05. The Morgan fingerprint density at radius 2 is 1.74 bits per heavy atom.